The van der Waals surface area contributed by atoms with E-state index in [1.165, 1.54) is 19.3 Å². The van der Waals surface area contributed by atoms with E-state index in [1.54, 1.807) is 6.07 Å². The summed E-state index contributed by atoms with van der Waals surface area (Å²) in [5.41, 5.74) is 1.58. The van der Waals surface area contributed by atoms with E-state index in [0.717, 1.165) is 25.1 Å². The standard InChI is InChI=1S/C15H23NO2/c1-11(2)10-16-9-8-13(15(17)18)14(16)12-6-4-3-5-7-12/h8-9,11-12H,3-7,10H2,1-2H3,(H,17,18). The van der Waals surface area contributed by atoms with Crippen LogP contribution in [0.2, 0.25) is 0 Å². The fraction of sp³-hybridized carbons (Fsp3) is 0.667. The van der Waals surface area contributed by atoms with Crippen molar-refractivity contribution in [2.45, 2.75) is 58.4 Å². The van der Waals surface area contributed by atoms with Crippen molar-refractivity contribution < 1.29 is 9.90 Å². The number of aromatic nitrogens is 1. The molecule has 1 aromatic heterocycles. The second-order valence-electron chi connectivity index (χ2n) is 5.80. The average Bonchev–Trinajstić information content (AvgIpc) is 2.73. The van der Waals surface area contributed by atoms with Gasteiger partial charge in [-0.25, -0.2) is 4.79 Å². The smallest absolute Gasteiger partial charge is 0.337 e. The van der Waals surface area contributed by atoms with E-state index in [2.05, 4.69) is 18.4 Å². The lowest BCUT2D eigenvalue weighted by Crippen LogP contribution is -2.16. The van der Waals surface area contributed by atoms with Gasteiger partial charge in [0.2, 0.25) is 0 Å². The molecule has 3 nitrogen and oxygen atoms in total. The molecule has 0 saturated heterocycles. The van der Waals surface area contributed by atoms with Crippen LogP contribution in [0, 0.1) is 5.92 Å². The van der Waals surface area contributed by atoms with Gasteiger partial charge >= 0.3 is 5.97 Å². The Bertz CT molecular complexity index is 414. The van der Waals surface area contributed by atoms with E-state index >= 15 is 0 Å². The van der Waals surface area contributed by atoms with Gasteiger partial charge in [0.1, 0.15) is 0 Å². The topological polar surface area (TPSA) is 42.2 Å². The van der Waals surface area contributed by atoms with Crippen molar-refractivity contribution in [3.8, 4) is 0 Å². The van der Waals surface area contributed by atoms with E-state index in [4.69, 9.17) is 0 Å². The number of aromatic carboxylic acids is 1. The Balaban J connectivity index is 2.32. The van der Waals surface area contributed by atoms with Crippen molar-refractivity contribution in [1.29, 1.82) is 0 Å². The van der Waals surface area contributed by atoms with Crippen molar-refractivity contribution >= 4 is 5.97 Å². The molecule has 0 aromatic carbocycles. The van der Waals surface area contributed by atoms with E-state index in [0.29, 0.717) is 17.4 Å². The third kappa shape index (κ3) is 2.77. The molecule has 1 N–H and O–H groups in total. The number of hydrogen-bond acceptors (Lipinski definition) is 1. The maximum Gasteiger partial charge on any atom is 0.337 e. The number of hydrogen-bond donors (Lipinski definition) is 1. The molecule has 2 rings (SSSR count). The van der Waals surface area contributed by atoms with Gasteiger partial charge in [0, 0.05) is 24.4 Å². The quantitative estimate of drug-likeness (QED) is 0.879. The van der Waals surface area contributed by atoms with Gasteiger partial charge in [0.15, 0.2) is 0 Å². The molecule has 0 atom stereocenters. The Hall–Kier alpha value is -1.25. The zero-order valence-corrected chi connectivity index (χ0v) is 11.4. The summed E-state index contributed by atoms with van der Waals surface area (Å²) in [5, 5.41) is 9.33. The highest BCUT2D eigenvalue weighted by Crippen LogP contribution is 2.35. The predicted molar refractivity (Wildman–Crippen MR) is 72.1 cm³/mol. The summed E-state index contributed by atoms with van der Waals surface area (Å²) >= 11 is 0. The molecule has 0 bridgehead atoms. The second kappa shape index (κ2) is 5.59. The number of nitrogens with zero attached hydrogens (tertiary/aromatic N) is 1. The van der Waals surface area contributed by atoms with Crippen LogP contribution >= 0.6 is 0 Å². The Morgan fingerprint density at radius 3 is 2.61 bits per heavy atom. The first-order valence-electron chi connectivity index (χ1n) is 7.02. The average molecular weight is 249 g/mol. The second-order valence-corrected chi connectivity index (χ2v) is 5.80. The third-order valence-electron chi connectivity index (χ3n) is 3.79. The fourth-order valence-corrected chi connectivity index (χ4v) is 3.05. The summed E-state index contributed by atoms with van der Waals surface area (Å²) in [5.74, 6) is 0.207. The summed E-state index contributed by atoms with van der Waals surface area (Å²) < 4.78 is 2.17. The van der Waals surface area contributed by atoms with Crippen molar-refractivity contribution in [2.75, 3.05) is 0 Å². The molecular weight excluding hydrogens is 226 g/mol. The highest BCUT2D eigenvalue weighted by Gasteiger charge is 2.25. The first kappa shape index (κ1) is 13.2. The SMILES string of the molecule is CC(C)Cn1ccc(C(=O)O)c1C1CCCCC1. The maximum atomic E-state index is 11.4. The fourth-order valence-electron chi connectivity index (χ4n) is 3.05. The molecule has 0 radical (unpaired) electrons. The minimum Gasteiger partial charge on any atom is -0.478 e. The van der Waals surface area contributed by atoms with Gasteiger partial charge in [-0.3, -0.25) is 0 Å². The van der Waals surface area contributed by atoms with Crippen LogP contribution < -0.4 is 0 Å². The first-order valence-corrected chi connectivity index (χ1v) is 7.02. The molecule has 0 amide bonds. The van der Waals surface area contributed by atoms with Crippen molar-refractivity contribution in [3.63, 3.8) is 0 Å². The van der Waals surface area contributed by atoms with Crippen LogP contribution in [0.5, 0.6) is 0 Å². The number of carboxylic acids is 1. The summed E-state index contributed by atoms with van der Waals surface area (Å²) in [6.07, 6.45) is 8.00. The minimum absolute atomic E-state index is 0.443. The van der Waals surface area contributed by atoms with E-state index < -0.39 is 5.97 Å². The minimum atomic E-state index is -0.780. The summed E-state index contributed by atoms with van der Waals surface area (Å²) in [6.45, 7) is 5.26. The molecule has 18 heavy (non-hydrogen) atoms. The normalized spacial score (nSPS) is 17.3. The Kier molecular flexibility index (Phi) is 4.10. The van der Waals surface area contributed by atoms with Crippen LogP contribution in [0.4, 0.5) is 0 Å². The Morgan fingerprint density at radius 2 is 2.06 bits per heavy atom. The molecule has 0 spiro atoms. The summed E-state index contributed by atoms with van der Waals surface area (Å²) in [6, 6.07) is 1.77. The zero-order valence-electron chi connectivity index (χ0n) is 11.4. The molecule has 1 saturated carbocycles. The van der Waals surface area contributed by atoms with Crippen molar-refractivity contribution in [1.82, 2.24) is 4.57 Å². The number of carbonyl (C=O) groups is 1. The van der Waals surface area contributed by atoms with E-state index in [9.17, 15) is 9.90 Å². The summed E-state index contributed by atoms with van der Waals surface area (Å²) in [7, 11) is 0. The first-order chi connectivity index (χ1) is 8.59. The molecule has 0 aliphatic heterocycles. The van der Waals surface area contributed by atoms with Crippen LogP contribution in [0.3, 0.4) is 0 Å². The van der Waals surface area contributed by atoms with Gasteiger partial charge in [-0.05, 0) is 24.8 Å². The van der Waals surface area contributed by atoms with Gasteiger partial charge in [0.25, 0.3) is 0 Å². The highest BCUT2D eigenvalue weighted by molar-refractivity contribution is 5.89. The van der Waals surface area contributed by atoms with Crippen LogP contribution in [0.15, 0.2) is 12.3 Å². The number of rotatable bonds is 4. The Morgan fingerprint density at radius 1 is 1.39 bits per heavy atom. The number of carboxylic acid groups (broad SMARTS) is 1. The molecule has 0 unspecified atom stereocenters. The van der Waals surface area contributed by atoms with Gasteiger partial charge in [-0.2, -0.15) is 0 Å². The lowest BCUT2D eigenvalue weighted by molar-refractivity contribution is 0.0694. The highest BCUT2D eigenvalue weighted by atomic mass is 16.4. The van der Waals surface area contributed by atoms with Gasteiger partial charge < -0.3 is 9.67 Å². The van der Waals surface area contributed by atoms with Crippen LogP contribution in [-0.4, -0.2) is 15.6 Å². The molecular formula is C15H23NO2. The van der Waals surface area contributed by atoms with Crippen molar-refractivity contribution in [2.24, 2.45) is 5.92 Å². The van der Waals surface area contributed by atoms with Crippen LogP contribution in [0.25, 0.3) is 0 Å². The maximum absolute atomic E-state index is 11.4. The lowest BCUT2D eigenvalue weighted by Gasteiger charge is -2.25. The van der Waals surface area contributed by atoms with Crippen LogP contribution in [-0.2, 0) is 6.54 Å². The summed E-state index contributed by atoms with van der Waals surface area (Å²) in [4.78, 5) is 11.4. The molecule has 1 fully saturated rings. The van der Waals surface area contributed by atoms with Gasteiger partial charge in [-0.15, -0.1) is 0 Å². The van der Waals surface area contributed by atoms with Gasteiger partial charge in [0.05, 0.1) is 5.56 Å². The Labute approximate surface area is 109 Å². The van der Waals surface area contributed by atoms with Crippen molar-refractivity contribution in [3.05, 3.63) is 23.5 Å². The predicted octanol–water partition coefficient (Wildman–Crippen LogP) is 3.89. The third-order valence-corrected chi connectivity index (χ3v) is 3.79. The molecule has 3 heteroatoms. The molecule has 1 heterocycles. The van der Waals surface area contributed by atoms with E-state index in [-0.39, 0.29) is 0 Å². The van der Waals surface area contributed by atoms with Gasteiger partial charge in [-0.1, -0.05) is 33.1 Å². The van der Waals surface area contributed by atoms with Crippen LogP contribution in [0.1, 0.15) is 67.9 Å². The van der Waals surface area contributed by atoms with E-state index in [1.807, 2.05) is 6.20 Å². The largest absolute Gasteiger partial charge is 0.478 e. The molecule has 1 aliphatic rings. The molecule has 1 aromatic rings. The molecule has 100 valence electrons. The lowest BCUT2D eigenvalue weighted by atomic mass is 9.85. The monoisotopic (exact) mass is 249 g/mol. The zero-order chi connectivity index (χ0) is 13.1. The molecule has 1 aliphatic carbocycles.